The summed E-state index contributed by atoms with van der Waals surface area (Å²) < 4.78 is 5.41. The van der Waals surface area contributed by atoms with Crippen LogP contribution in [-0.2, 0) is 17.6 Å². The van der Waals surface area contributed by atoms with Crippen LogP contribution in [0, 0.1) is 0 Å². The third kappa shape index (κ3) is 4.33. The molecule has 2 nitrogen and oxygen atoms in total. The van der Waals surface area contributed by atoms with E-state index in [-0.39, 0.29) is 11.7 Å². The van der Waals surface area contributed by atoms with Crippen molar-refractivity contribution in [3.63, 3.8) is 0 Å². The van der Waals surface area contributed by atoms with Crippen LogP contribution < -0.4 is 0 Å². The van der Waals surface area contributed by atoms with Crippen molar-refractivity contribution in [3.05, 3.63) is 35.4 Å². The molecule has 0 saturated carbocycles. The van der Waals surface area contributed by atoms with Crippen molar-refractivity contribution < 1.29 is 9.84 Å². The van der Waals surface area contributed by atoms with Crippen molar-refractivity contribution in [1.82, 2.24) is 0 Å². The minimum atomic E-state index is -0.286. The third-order valence-electron chi connectivity index (χ3n) is 2.70. The normalized spacial score (nSPS) is 13.8. The van der Waals surface area contributed by atoms with Gasteiger partial charge in [-0.15, -0.1) is 0 Å². The Bertz CT molecular complexity index is 329. The van der Waals surface area contributed by atoms with Crippen LogP contribution in [-0.4, -0.2) is 23.9 Å². The van der Waals surface area contributed by atoms with Gasteiger partial charge < -0.3 is 9.84 Å². The molecule has 1 rings (SSSR count). The van der Waals surface area contributed by atoms with Gasteiger partial charge in [0.15, 0.2) is 0 Å². The highest BCUT2D eigenvalue weighted by Crippen LogP contribution is 2.17. The minimum absolute atomic E-state index is 0.135. The maximum Gasteiger partial charge on any atom is 0.0662 e. The summed E-state index contributed by atoms with van der Waals surface area (Å²) in [6.45, 7) is 5.97. The molecule has 1 aromatic carbocycles. The van der Waals surface area contributed by atoms with Gasteiger partial charge in [0.2, 0.25) is 0 Å². The molecule has 0 aliphatic carbocycles. The predicted octanol–water partition coefficient (Wildman–Crippen LogP) is 2.58. The zero-order chi connectivity index (χ0) is 12.2. The molecule has 0 radical (unpaired) electrons. The van der Waals surface area contributed by atoms with Crippen LogP contribution in [0.25, 0.3) is 0 Å². The van der Waals surface area contributed by atoms with E-state index in [2.05, 4.69) is 32.0 Å². The Morgan fingerprint density at radius 1 is 1.31 bits per heavy atom. The molecule has 0 bridgehead atoms. The first-order valence-electron chi connectivity index (χ1n) is 5.74. The fourth-order valence-electron chi connectivity index (χ4n) is 1.77. The molecule has 0 aliphatic rings. The summed E-state index contributed by atoms with van der Waals surface area (Å²) in [5.41, 5.74) is 2.30. The second-order valence-electron chi connectivity index (χ2n) is 5.01. The number of hydrogen-bond acceptors (Lipinski definition) is 2. The SMILES string of the molecule is COC(C)(C)Cc1cccc(CC(C)O)c1. The first-order valence-corrected chi connectivity index (χ1v) is 5.74. The van der Waals surface area contributed by atoms with E-state index in [4.69, 9.17) is 4.74 Å². The van der Waals surface area contributed by atoms with Crippen molar-refractivity contribution in [2.45, 2.75) is 45.3 Å². The van der Waals surface area contributed by atoms with E-state index in [9.17, 15) is 5.11 Å². The lowest BCUT2D eigenvalue weighted by molar-refractivity contribution is 0.0232. The maximum absolute atomic E-state index is 9.35. The van der Waals surface area contributed by atoms with E-state index in [1.54, 1.807) is 7.11 Å². The van der Waals surface area contributed by atoms with E-state index in [1.165, 1.54) is 11.1 Å². The molecule has 2 heteroatoms. The lowest BCUT2D eigenvalue weighted by Gasteiger charge is -2.23. The zero-order valence-corrected chi connectivity index (χ0v) is 10.7. The summed E-state index contributed by atoms with van der Waals surface area (Å²) in [6, 6.07) is 8.34. The van der Waals surface area contributed by atoms with Crippen LogP contribution in [0.4, 0.5) is 0 Å². The molecule has 1 atom stereocenters. The Morgan fingerprint density at radius 2 is 1.94 bits per heavy atom. The number of aliphatic hydroxyl groups is 1. The fourth-order valence-corrected chi connectivity index (χ4v) is 1.77. The van der Waals surface area contributed by atoms with Gasteiger partial charge in [-0.2, -0.15) is 0 Å². The molecular weight excluding hydrogens is 200 g/mol. The van der Waals surface area contributed by atoms with Crippen molar-refractivity contribution in [3.8, 4) is 0 Å². The Balaban J connectivity index is 2.74. The van der Waals surface area contributed by atoms with Gasteiger partial charge in [0, 0.05) is 13.5 Å². The molecule has 0 fully saturated rings. The second-order valence-corrected chi connectivity index (χ2v) is 5.01. The molecule has 0 saturated heterocycles. The summed E-state index contributed by atoms with van der Waals surface area (Å²) in [5.74, 6) is 0. The molecule has 0 spiro atoms. The number of rotatable bonds is 5. The van der Waals surface area contributed by atoms with Crippen LogP contribution in [0.15, 0.2) is 24.3 Å². The molecule has 0 amide bonds. The van der Waals surface area contributed by atoms with E-state index in [0.717, 1.165) is 6.42 Å². The number of benzene rings is 1. The van der Waals surface area contributed by atoms with Crippen LogP contribution >= 0.6 is 0 Å². The third-order valence-corrected chi connectivity index (χ3v) is 2.70. The fraction of sp³-hybridized carbons (Fsp3) is 0.571. The molecule has 1 aromatic rings. The van der Waals surface area contributed by atoms with Crippen molar-refractivity contribution in [2.24, 2.45) is 0 Å². The number of hydrogen-bond donors (Lipinski definition) is 1. The largest absolute Gasteiger partial charge is 0.393 e. The maximum atomic E-state index is 9.35. The average molecular weight is 222 g/mol. The highest BCUT2D eigenvalue weighted by atomic mass is 16.5. The van der Waals surface area contributed by atoms with Gasteiger partial charge in [-0.25, -0.2) is 0 Å². The zero-order valence-electron chi connectivity index (χ0n) is 10.7. The monoisotopic (exact) mass is 222 g/mol. The lowest BCUT2D eigenvalue weighted by atomic mass is 9.96. The van der Waals surface area contributed by atoms with Gasteiger partial charge in [-0.1, -0.05) is 24.3 Å². The standard InChI is InChI=1S/C14H22O2/c1-11(15)8-12-6-5-7-13(9-12)10-14(2,3)16-4/h5-7,9,11,15H,8,10H2,1-4H3. The highest BCUT2D eigenvalue weighted by molar-refractivity contribution is 5.25. The average Bonchev–Trinajstić information content (AvgIpc) is 2.16. The van der Waals surface area contributed by atoms with E-state index >= 15 is 0 Å². The predicted molar refractivity (Wildman–Crippen MR) is 66.6 cm³/mol. The molecule has 90 valence electrons. The summed E-state index contributed by atoms with van der Waals surface area (Å²) in [7, 11) is 1.74. The van der Waals surface area contributed by atoms with E-state index in [1.807, 2.05) is 13.0 Å². The number of methoxy groups -OCH3 is 1. The van der Waals surface area contributed by atoms with Crippen LogP contribution in [0.2, 0.25) is 0 Å². The summed E-state index contributed by atoms with van der Waals surface area (Å²) in [5, 5.41) is 9.35. The van der Waals surface area contributed by atoms with Crippen LogP contribution in [0.1, 0.15) is 31.9 Å². The minimum Gasteiger partial charge on any atom is -0.393 e. The first kappa shape index (κ1) is 13.2. The van der Waals surface area contributed by atoms with Gasteiger partial charge in [-0.05, 0) is 38.3 Å². The first-order chi connectivity index (χ1) is 7.43. The number of ether oxygens (including phenoxy) is 1. The van der Waals surface area contributed by atoms with E-state index < -0.39 is 0 Å². The van der Waals surface area contributed by atoms with Gasteiger partial charge in [0.05, 0.1) is 11.7 Å². The quantitative estimate of drug-likeness (QED) is 0.829. The van der Waals surface area contributed by atoms with Crippen molar-refractivity contribution in [1.29, 1.82) is 0 Å². The highest BCUT2D eigenvalue weighted by Gasteiger charge is 2.17. The Morgan fingerprint density at radius 3 is 2.50 bits per heavy atom. The Hall–Kier alpha value is -0.860. The molecular formula is C14H22O2. The van der Waals surface area contributed by atoms with Gasteiger partial charge in [0.25, 0.3) is 0 Å². The van der Waals surface area contributed by atoms with Gasteiger partial charge in [-0.3, -0.25) is 0 Å². The second kappa shape index (κ2) is 5.46. The van der Waals surface area contributed by atoms with E-state index in [0.29, 0.717) is 6.42 Å². The molecule has 0 heterocycles. The topological polar surface area (TPSA) is 29.5 Å². The smallest absolute Gasteiger partial charge is 0.0662 e. The Labute approximate surface area is 98.3 Å². The van der Waals surface area contributed by atoms with Crippen molar-refractivity contribution >= 4 is 0 Å². The number of aliphatic hydroxyl groups excluding tert-OH is 1. The molecule has 1 N–H and O–H groups in total. The molecule has 0 aliphatic heterocycles. The van der Waals surface area contributed by atoms with Gasteiger partial charge >= 0.3 is 0 Å². The summed E-state index contributed by atoms with van der Waals surface area (Å²) >= 11 is 0. The Kier molecular flexibility index (Phi) is 4.51. The summed E-state index contributed by atoms with van der Waals surface area (Å²) in [6.07, 6.45) is 1.31. The van der Waals surface area contributed by atoms with Gasteiger partial charge in [0.1, 0.15) is 0 Å². The summed E-state index contributed by atoms with van der Waals surface area (Å²) in [4.78, 5) is 0. The van der Waals surface area contributed by atoms with Crippen molar-refractivity contribution in [2.75, 3.05) is 7.11 Å². The van der Waals surface area contributed by atoms with Crippen LogP contribution in [0.5, 0.6) is 0 Å². The molecule has 16 heavy (non-hydrogen) atoms. The lowest BCUT2D eigenvalue weighted by Crippen LogP contribution is -2.25. The van der Waals surface area contributed by atoms with Crippen LogP contribution in [0.3, 0.4) is 0 Å². The molecule has 1 unspecified atom stereocenters. The molecule has 0 aromatic heterocycles.